The molecular formula is C22H40ClNOSi. The summed E-state index contributed by atoms with van der Waals surface area (Å²) in [5, 5.41) is 1.62. The standard InChI is InChI=1S/C22H39NOSi.ClH/c1-7-8-13-25(5,6)22-11-9-21(10-12-22)14-18(2)15-23-16-19(3)24-20(4)17-23;/h9-12,18-20H,7-8,13-17H2,1-6H3;1H/t18?,19-,20+;. The molecule has 0 radical (unpaired) electrons. The van der Waals surface area contributed by atoms with Crippen LogP contribution in [-0.2, 0) is 11.2 Å². The molecule has 1 aliphatic rings. The molecule has 1 unspecified atom stereocenters. The first kappa shape index (κ1) is 23.7. The Kier molecular flexibility index (Phi) is 9.88. The zero-order valence-electron chi connectivity index (χ0n) is 17.8. The van der Waals surface area contributed by atoms with E-state index in [2.05, 4.69) is 70.0 Å². The van der Waals surface area contributed by atoms with Crippen molar-refractivity contribution < 1.29 is 4.74 Å². The zero-order chi connectivity index (χ0) is 18.4. The third kappa shape index (κ3) is 7.34. The predicted octanol–water partition coefficient (Wildman–Crippen LogP) is 5.11. The summed E-state index contributed by atoms with van der Waals surface area (Å²) < 4.78 is 5.85. The first-order chi connectivity index (χ1) is 11.8. The van der Waals surface area contributed by atoms with Gasteiger partial charge in [-0.3, -0.25) is 4.90 Å². The van der Waals surface area contributed by atoms with Gasteiger partial charge in [-0.05, 0) is 31.7 Å². The van der Waals surface area contributed by atoms with Gasteiger partial charge in [0.25, 0.3) is 0 Å². The molecule has 0 bridgehead atoms. The van der Waals surface area contributed by atoms with Crippen LogP contribution in [0.15, 0.2) is 24.3 Å². The van der Waals surface area contributed by atoms with Gasteiger partial charge in [0.15, 0.2) is 0 Å². The second-order valence-corrected chi connectivity index (χ2v) is 13.8. The van der Waals surface area contributed by atoms with Crippen molar-refractivity contribution in [3.05, 3.63) is 29.8 Å². The third-order valence-corrected chi connectivity index (χ3v) is 9.04. The number of ether oxygens (including phenoxy) is 1. The summed E-state index contributed by atoms with van der Waals surface area (Å²) in [7, 11) is -1.24. The minimum atomic E-state index is -1.24. The number of morpholine rings is 1. The van der Waals surface area contributed by atoms with Gasteiger partial charge in [-0.15, -0.1) is 12.4 Å². The molecule has 1 aromatic rings. The van der Waals surface area contributed by atoms with E-state index < -0.39 is 8.07 Å². The van der Waals surface area contributed by atoms with Crippen molar-refractivity contribution in [2.75, 3.05) is 19.6 Å². The summed E-state index contributed by atoms with van der Waals surface area (Å²) in [6.45, 7) is 17.4. The van der Waals surface area contributed by atoms with Crippen LogP contribution >= 0.6 is 12.4 Å². The largest absolute Gasteiger partial charge is 0.373 e. The van der Waals surface area contributed by atoms with Crippen LogP contribution in [0.4, 0.5) is 0 Å². The van der Waals surface area contributed by atoms with Gasteiger partial charge in [0.2, 0.25) is 0 Å². The molecule has 0 amide bonds. The number of benzene rings is 1. The molecule has 0 aliphatic carbocycles. The molecule has 150 valence electrons. The summed E-state index contributed by atoms with van der Waals surface area (Å²) >= 11 is 0. The Morgan fingerprint density at radius 3 is 2.23 bits per heavy atom. The van der Waals surface area contributed by atoms with Gasteiger partial charge < -0.3 is 4.74 Å². The molecule has 2 nitrogen and oxygen atoms in total. The first-order valence-corrected chi connectivity index (χ1v) is 13.5. The minimum absolute atomic E-state index is 0. The highest BCUT2D eigenvalue weighted by Crippen LogP contribution is 2.17. The van der Waals surface area contributed by atoms with Gasteiger partial charge in [-0.1, -0.05) is 75.3 Å². The number of halogens is 1. The Balaban J connectivity index is 0.00000338. The van der Waals surface area contributed by atoms with E-state index in [0.717, 1.165) is 13.1 Å². The fraction of sp³-hybridized carbons (Fsp3) is 0.727. The number of rotatable bonds is 8. The lowest BCUT2D eigenvalue weighted by atomic mass is 10.00. The van der Waals surface area contributed by atoms with Crippen LogP contribution in [-0.4, -0.2) is 44.8 Å². The molecule has 3 atom stereocenters. The molecule has 1 fully saturated rings. The van der Waals surface area contributed by atoms with E-state index in [1.165, 1.54) is 37.4 Å². The van der Waals surface area contributed by atoms with Gasteiger partial charge in [0.05, 0.1) is 20.3 Å². The van der Waals surface area contributed by atoms with Crippen molar-refractivity contribution in [1.82, 2.24) is 4.90 Å². The van der Waals surface area contributed by atoms with Crippen molar-refractivity contribution in [2.45, 2.75) is 78.3 Å². The summed E-state index contributed by atoms with van der Waals surface area (Å²) in [6.07, 6.45) is 4.59. The molecule has 1 heterocycles. The number of hydrogen-bond acceptors (Lipinski definition) is 2. The molecule has 2 rings (SSSR count). The van der Waals surface area contributed by atoms with E-state index in [9.17, 15) is 0 Å². The summed E-state index contributed by atoms with van der Waals surface area (Å²) in [5.41, 5.74) is 1.49. The van der Waals surface area contributed by atoms with E-state index in [4.69, 9.17) is 4.74 Å². The SMILES string of the molecule is CCCC[Si](C)(C)c1ccc(CC(C)CN2C[C@@H](C)O[C@@H](C)C2)cc1.Cl. The lowest BCUT2D eigenvalue weighted by Crippen LogP contribution is -2.47. The molecule has 1 aromatic carbocycles. The average Bonchev–Trinajstić information content (AvgIpc) is 2.52. The smallest absolute Gasteiger partial charge is 0.0806 e. The second-order valence-electron chi connectivity index (χ2n) is 8.97. The van der Waals surface area contributed by atoms with Crippen LogP contribution < -0.4 is 5.19 Å². The molecule has 4 heteroatoms. The predicted molar refractivity (Wildman–Crippen MR) is 120 cm³/mol. The van der Waals surface area contributed by atoms with Crippen LogP contribution in [0.3, 0.4) is 0 Å². The number of hydrogen-bond donors (Lipinski definition) is 0. The molecule has 0 aromatic heterocycles. The fourth-order valence-electron chi connectivity index (χ4n) is 4.20. The molecule has 0 saturated carbocycles. The fourth-order valence-corrected chi connectivity index (χ4v) is 6.79. The summed E-state index contributed by atoms with van der Waals surface area (Å²) in [4.78, 5) is 2.58. The maximum Gasteiger partial charge on any atom is 0.0806 e. The van der Waals surface area contributed by atoms with E-state index in [0.29, 0.717) is 18.1 Å². The molecule has 0 N–H and O–H groups in total. The second kappa shape index (κ2) is 10.8. The van der Waals surface area contributed by atoms with Crippen LogP contribution in [0.2, 0.25) is 19.1 Å². The van der Waals surface area contributed by atoms with Gasteiger partial charge >= 0.3 is 0 Å². The third-order valence-electron chi connectivity index (χ3n) is 5.54. The van der Waals surface area contributed by atoms with Crippen molar-refractivity contribution in [2.24, 2.45) is 5.92 Å². The molecule has 26 heavy (non-hydrogen) atoms. The van der Waals surface area contributed by atoms with E-state index in [1.54, 1.807) is 5.19 Å². The van der Waals surface area contributed by atoms with E-state index in [1.807, 2.05) is 0 Å². The van der Waals surface area contributed by atoms with Crippen molar-refractivity contribution >= 4 is 25.7 Å². The molecule has 1 aliphatic heterocycles. The Hall–Kier alpha value is -0.353. The molecule has 1 saturated heterocycles. The van der Waals surface area contributed by atoms with Gasteiger partial charge in [-0.25, -0.2) is 0 Å². The topological polar surface area (TPSA) is 12.5 Å². The Labute approximate surface area is 169 Å². The average molecular weight is 398 g/mol. The van der Waals surface area contributed by atoms with Crippen LogP contribution in [0.1, 0.15) is 46.1 Å². The molecule has 0 spiro atoms. The van der Waals surface area contributed by atoms with Crippen molar-refractivity contribution in [3.63, 3.8) is 0 Å². The quantitative estimate of drug-likeness (QED) is 0.565. The monoisotopic (exact) mass is 397 g/mol. The Bertz CT molecular complexity index is 509. The maximum absolute atomic E-state index is 5.85. The highest BCUT2D eigenvalue weighted by Gasteiger charge is 2.24. The highest BCUT2D eigenvalue weighted by atomic mass is 35.5. The lowest BCUT2D eigenvalue weighted by Gasteiger charge is -2.36. The number of unbranched alkanes of at least 4 members (excludes halogenated alkanes) is 1. The first-order valence-electron chi connectivity index (χ1n) is 10.3. The van der Waals surface area contributed by atoms with Crippen LogP contribution in [0.25, 0.3) is 0 Å². The van der Waals surface area contributed by atoms with Gasteiger partial charge in [0, 0.05) is 19.6 Å². The highest BCUT2D eigenvalue weighted by molar-refractivity contribution is 6.89. The van der Waals surface area contributed by atoms with Gasteiger partial charge in [0.1, 0.15) is 0 Å². The normalized spacial score (nSPS) is 22.7. The van der Waals surface area contributed by atoms with Crippen molar-refractivity contribution in [1.29, 1.82) is 0 Å². The van der Waals surface area contributed by atoms with Crippen LogP contribution in [0.5, 0.6) is 0 Å². The van der Waals surface area contributed by atoms with Crippen molar-refractivity contribution in [3.8, 4) is 0 Å². The minimum Gasteiger partial charge on any atom is -0.373 e. The Morgan fingerprint density at radius 2 is 1.69 bits per heavy atom. The Morgan fingerprint density at radius 1 is 1.12 bits per heavy atom. The lowest BCUT2D eigenvalue weighted by molar-refractivity contribution is -0.0708. The van der Waals surface area contributed by atoms with Gasteiger partial charge in [-0.2, -0.15) is 0 Å². The molecular weight excluding hydrogens is 358 g/mol. The maximum atomic E-state index is 5.85. The zero-order valence-corrected chi connectivity index (χ0v) is 19.6. The van der Waals surface area contributed by atoms with E-state index in [-0.39, 0.29) is 12.4 Å². The summed E-state index contributed by atoms with van der Waals surface area (Å²) in [5.74, 6) is 0.689. The number of nitrogens with zero attached hydrogens (tertiary/aromatic N) is 1. The summed E-state index contributed by atoms with van der Waals surface area (Å²) in [6, 6.07) is 11.0. The van der Waals surface area contributed by atoms with E-state index >= 15 is 0 Å². The van der Waals surface area contributed by atoms with Crippen LogP contribution in [0, 0.1) is 5.92 Å².